The van der Waals surface area contributed by atoms with Crippen LogP contribution in [0, 0.1) is 11.2 Å². The van der Waals surface area contributed by atoms with Crippen LogP contribution in [0.25, 0.3) is 50.2 Å². The van der Waals surface area contributed by atoms with Crippen molar-refractivity contribution in [1.82, 2.24) is 30.5 Å². The number of imidazole rings is 1. The van der Waals surface area contributed by atoms with Gasteiger partial charge in [0.05, 0.1) is 22.7 Å². The number of aromatic amines is 2. The van der Waals surface area contributed by atoms with Crippen LogP contribution in [-0.2, 0) is 4.79 Å². The lowest BCUT2D eigenvalue weighted by molar-refractivity contribution is -0.127. The van der Waals surface area contributed by atoms with E-state index in [1.165, 1.54) is 12.1 Å². The average molecular weight is 521 g/mol. The largest absolute Gasteiger partial charge is 0.335 e. The van der Waals surface area contributed by atoms with Crippen molar-refractivity contribution < 1.29 is 9.18 Å². The maximum Gasteiger partial charge on any atom is 0.229 e. The third kappa shape index (κ3) is 5.13. The summed E-state index contributed by atoms with van der Waals surface area (Å²) in [7, 11) is 0. The molecule has 5 aromatic rings. The molecule has 0 bridgehead atoms. The molecule has 3 N–H and O–H groups in total. The summed E-state index contributed by atoms with van der Waals surface area (Å²) in [5.74, 6) is 0.159. The Morgan fingerprint density at radius 2 is 1.92 bits per heavy atom. The van der Waals surface area contributed by atoms with E-state index in [4.69, 9.17) is 4.98 Å². The minimum atomic E-state index is -0.528. The topological polar surface area (TPSA) is 99.3 Å². The van der Waals surface area contributed by atoms with Gasteiger partial charge < -0.3 is 10.3 Å². The fourth-order valence-corrected chi connectivity index (χ4v) is 4.25. The molecule has 5 rings (SSSR count). The minimum absolute atomic E-state index is 0.0892. The number of nitrogens with zero attached hydrogens (tertiary/aromatic N) is 3. The van der Waals surface area contributed by atoms with Gasteiger partial charge in [0.25, 0.3) is 0 Å². The maximum atomic E-state index is 13.9. The van der Waals surface area contributed by atoms with Gasteiger partial charge in [-0.05, 0) is 60.0 Å². The number of H-pyrrole nitrogens is 2. The Kier molecular flexibility index (Phi) is 6.70. The second-order valence-electron chi connectivity index (χ2n) is 10.3. The molecule has 0 radical (unpaired) electrons. The predicted molar refractivity (Wildman–Crippen MR) is 154 cm³/mol. The number of aromatic nitrogens is 5. The molecule has 39 heavy (non-hydrogen) atoms. The van der Waals surface area contributed by atoms with Crippen LogP contribution >= 0.6 is 0 Å². The molecule has 0 fully saturated rings. The number of hydrogen-bond donors (Lipinski definition) is 3. The molecule has 196 valence electrons. The third-order valence-corrected chi connectivity index (χ3v) is 6.43. The monoisotopic (exact) mass is 520 g/mol. The molecule has 2 aromatic carbocycles. The van der Waals surface area contributed by atoms with Gasteiger partial charge in [-0.15, -0.1) is 0 Å². The highest BCUT2D eigenvalue weighted by molar-refractivity contribution is 5.98. The Morgan fingerprint density at radius 3 is 2.64 bits per heavy atom. The Bertz CT molecular complexity index is 1780. The van der Waals surface area contributed by atoms with E-state index >= 15 is 0 Å². The molecule has 3 heterocycles. The van der Waals surface area contributed by atoms with Crippen LogP contribution < -0.4 is 5.32 Å². The van der Waals surface area contributed by atoms with E-state index in [2.05, 4.69) is 32.1 Å². The fourth-order valence-electron chi connectivity index (χ4n) is 4.25. The number of nitrogens with one attached hydrogen (secondary N) is 3. The maximum absolute atomic E-state index is 13.9. The van der Waals surface area contributed by atoms with Crippen molar-refractivity contribution in [1.29, 1.82) is 0 Å². The summed E-state index contributed by atoms with van der Waals surface area (Å²) in [6.07, 6.45) is 8.89. The highest BCUT2D eigenvalue weighted by Gasteiger charge is 2.21. The van der Waals surface area contributed by atoms with Gasteiger partial charge in [-0.1, -0.05) is 51.6 Å². The van der Waals surface area contributed by atoms with E-state index in [-0.39, 0.29) is 11.7 Å². The Balaban J connectivity index is 1.55. The highest BCUT2D eigenvalue weighted by Crippen LogP contribution is 2.32. The standard InChI is InChI=1S/C31H29FN6O/c1-6-18(14-22(7-2)34-30(39)31(3,4)5)19-11-12-25-23(15-19)28(38-37-25)29-35-26-17-33-16-24(27(26)36-29)20-9-8-10-21(32)13-20/h6-17H,2H2,1,3-5H3,(H,34,39)(H,35,36)(H,37,38)/b18-6+,22-14+. The normalized spacial score (nSPS) is 12.7. The van der Waals surface area contributed by atoms with Gasteiger partial charge in [0.15, 0.2) is 5.82 Å². The van der Waals surface area contributed by atoms with Crippen molar-refractivity contribution in [3.8, 4) is 22.6 Å². The van der Waals surface area contributed by atoms with E-state index in [0.717, 1.165) is 33.1 Å². The van der Waals surface area contributed by atoms with E-state index < -0.39 is 5.41 Å². The zero-order valence-electron chi connectivity index (χ0n) is 22.3. The molecule has 0 atom stereocenters. The average Bonchev–Trinajstić information content (AvgIpc) is 3.53. The number of allylic oxidation sites excluding steroid dienone is 4. The number of rotatable bonds is 6. The lowest BCUT2D eigenvalue weighted by atomic mass is 9.95. The van der Waals surface area contributed by atoms with E-state index in [0.29, 0.717) is 28.3 Å². The smallest absolute Gasteiger partial charge is 0.229 e. The molecule has 0 aliphatic heterocycles. The Morgan fingerprint density at radius 1 is 1.10 bits per heavy atom. The second kappa shape index (κ2) is 10.1. The summed E-state index contributed by atoms with van der Waals surface area (Å²) in [6, 6.07) is 12.4. The van der Waals surface area contributed by atoms with E-state index in [9.17, 15) is 9.18 Å². The van der Waals surface area contributed by atoms with Crippen molar-refractivity contribution in [2.45, 2.75) is 27.7 Å². The third-order valence-electron chi connectivity index (χ3n) is 6.43. The first-order valence-electron chi connectivity index (χ1n) is 12.6. The quantitative estimate of drug-likeness (QED) is 0.211. The molecule has 7 nitrogen and oxygen atoms in total. The summed E-state index contributed by atoms with van der Waals surface area (Å²) >= 11 is 0. The van der Waals surface area contributed by atoms with Crippen LogP contribution in [0.3, 0.4) is 0 Å². The minimum Gasteiger partial charge on any atom is -0.335 e. The molecule has 0 unspecified atom stereocenters. The van der Waals surface area contributed by atoms with Crippen molar-refractivity contribution in [2.75, 3.05) is 0 Å². The van der Waals surface area contributed by atoms with Crippen LogP contribution in [0.5, 0.6) is 0 Å². The zero-order chi connectivity index (χ0) is 27.7. The van der Waals surface area contributed by atoms with Gasteiger partial charge in [0.2, 0.25) is 5.91 Å². The molecule has 0 saturated heterocycles. The molecule has 1 amide bonds. The van der Waals surface area contributed by atoms with Gasteiger partial charge in [0, 0.05) is 28.3 Å². The lowest BCUT2D eigenvalue weighted by Crippen LogP contribution is -2.33. The number of carbonyl (C=O) groups is 1. The molecular weight excluding hydrogens is 491 g/mol. The van der Waals surface area contributed by atoms with Crippen molar-refractivity contribution in [2.24, 2.45) is 5.41 Å². The molecule has 0 spiro atoms. The number of fused-ring (bicyclic) bond motifs is 2. The number of carbonyl (C=O) groups excluding carboxylic acids is 1. The number of hydrogen-bond acceptors (Lipinski definition) is 4. The molecule has 3 aromatic heterocycles. The van der Waals surface area contributed by atoms with Crippen LogP contribution in [0.2, 0.25) is 0 Å². The van der Waals surface area contributed by atoms with E-state index in [1.807, 2.05) is 64.1 Å². The fraction of sp³-hybridized carbons (Fsp3) is 0.161. The van der Waals surface area contributed by atoms with Crippen molar-refractivity contribution in [3.05, 3.63) is 96.7 Å². The summed E-state index contributed by atoms with van der Waals surface area (Å²) in [4.78, 5) is 25.0. The first kappa shape index (κ1) is 25.8. The second-order valence-corrected chi connectivity index (χ2v) is 10.3. The van der Waals surface area contributed by atoms with E-state index in [1.54, 1.807) is 24.5 Å². The van der Waals surface area contributed by atoms with Crippen LogP contribution in [-0.4, -0.2) is 31.1 Å². The summed E-state index contributed by atoms with van der Waals surface area (Å²) < 4.78 is 13.9. The lowest BCUT2D eigenvalue weighted by Gasteiger charge is -2.18. The van der Waals surface area contributed by atoms with Crippen LogP contribution in [0.15, 0.2) is 85.4 Å². The number of halogens is 1. The molecule has 0 aliphatic carbocycles. The number of pyridine rings is 1. The molecule has 0 saturated carbocycles. The molecule has 8 heteroatoms. The highest BCUT2D eigenvalue weighted by atomic mass is 19.1. The summed E-state index contributed by atoms with van der Waals surface area (Å²) in [5.41, 5.74) is 6.27. The van der Waals surface area contributed by atoms with Crippen molar-refractivity contribution >= 4 is 33.4 Å². The number of benzene rings is 2. The Labute approximate surface area is 225 Å². The molecular formula is C31H29FN6O. The predicted octanol–water partition coefficient (Wildman–Crippen LogP) is 6.94. The van der Waals surface area contributed by atoms with Crippen LogP contribution in [0.1, 0.15) is 33.3 Å². The van der Waals surface area contributed by atoms with Gasteiger partial charge in [-0.25, -0.2) is 9.37 Å². The first-order chi connectivity index (χ1) is 18.7. The molecule has 0 aliphatic rings. The van der Waals surface area contributed by atoms with Gasteiger partial charge in [0.1, 0.15) is 11.5 Å². The van der Waals surface area contributed by atoms with Gasteiger partial charge >= 0.3 is 0 Å². The van der Waals surface area contributed by atoms with Crippen LogP contribution in [0.4, 0.5) is 4.39 Å². The summed E-state index contributed by atoms with van der Waals surface area (Å²) in [6.45, 7) is 11.4. The zero-order valence-corrected chi connectivity index (χ0v) is 22.3. The van der Waals surface area contributed by atoms with Gasteiger partial charge in [-0.3, -0.25) is 14.9 Å². The van der Waals surface area contributed by atoms with Gasteiger partial charge in [-0.2, -0.15) is 5.10 Å². The van der Waals surface area contributed by atoms with Crippen molar-refractivity contribution in [3.63, 3.8) is 0 Å². The Hall–Kier alpha value is -4.85. The first-order valence-corrected chi connectivity index (χ1v) is 12.6. The summed E-state index contributed by atoms with van der Waals surface area (Å²) in [5, 5.41) is 11.4. The number of amides is 1. The SMILES string of the molecule is C=C/C(=C\C(=C/C)c1ccc2[nH]nc(-c3nc4c(-c5cccc(F)c5)cncc4[nH]3)c2c1)NC(=O)C(C)(C)C.